The lowest BCUT2D eigenvalue weighted by Crippen LogP contribution is -2.27. The quantitative estimate of drug-likeness (QED) is 0.630. The first-order chi connectivity index (χ1) is 14.1. The number of methoxy groups -OCH3 is 2. The van der Waals surface area contributed by atoms with E-state index in [-0.39, 0.29) is 23.5 Å². The summed E-state index contributed by atoms with van der Waals surface area (Å²) < 4.78 is 29.6. The van der Waals surface area contributed by atoms with Gasteiger partial charge < -0.3 is 18.9 Å². The van der Waals surface area contributed by atoms with Gasteiger partial charge in [0, 0.05) is 18.5 Å². The summed E-state index contributed by atoms with van der Waals surface area (Å²) in [5.41, 5.74) is 1.42. The van der Waals surface area contributed by atoms with Crippen LogP contribution in [0.1, 0.15) is 30.3 Å². The molecule has 150 valence electrons. The first kappa shape index (κ1) is 18.9. The zero-order valence-electron chi connectivity index (χ0n) is 16.1. The summed E-state index contributed by atoms with van der Waals surface area (Å²) in [7, 11) is 3.00. The minimum atomic E-state index is -0.507. The molecule has 1 aliphatic heterocycles. The van der Waals surface area contributed by atoms with Crippen LogP contribution in [0.15, 0.2) is 47.0 Å². The van der Waals surface area contributed by atoms with Gasteiger partial charge in [0.1, 0.15) is 11.8 Å². The lowest BCUT2D eigenvalue weighted by Gasteiger charge is -2.22. The molecule has 0 saturated carbocycles. The molecule has 0 radical (unpaired) electrons. The van der Waals surface area contributed by atoms with E-state index in [2.05, 4.69) is 10.1 Å². The van der Waals surface area contributed by atoms with Gasteiger partial charge in [-0.3, -0.25) is 4.79 Å². The van der Waals surface area contributed by atoms with Crippen LogP contribution < -0.4 is 9.47 Å². The summed E-state index contributed by atoms with van der Waals surface area (Å²) in [5.74, 6) is 0.989. The highest BCUT2D eigenvalue weighted by molar-refractivity contribution is 5.78. The molecule has 0 spiro atoms. The lowest BCUT2D eigenvalue weighted by atomic mass is 10.1. The van der Waals surface area contributed by atoms with E-state index in [9.17, 15) is 9.18 Å². The molecular formula is C21H20FN3O4. The van der Waals surface area contributed by atoms with Gasteiger partial charge in [-0.2, -0.15) is 4.98 Å². The molecule has 2 heterocycles. The van der Waals surface area contributed by atoms with E-state index in [0.29, 0.717) is 30.8 Å². The van der Waals surface area contributed by atoms with Gasteiger partial charge in [-0.1, -0.05) is 17.3 Å². The summed E-state index contributed by atoms with van der Waals surface area (Å²) in [5, 5.41) is 3.97. The molecule has 1 atom stereocenters. The smallest absolute Gasteiger partial charge is 0.249 e. The van der Waals surface area contributed by atoms with Crippen LogP contribution in [0.3, 0.4) is 0 Å². The summed E-state index contributed by atoms with van der Waals surface area (Å²) in [6.45, 7) is 0.412. The average Bonchev–Trinajstić information content (AvgIpc) is 3.35. The van der Waals surface area contributed by atoms with Gasteiger partial charge in [0.2, 0.25) is 17.6 Å². The van der Waals surface area contributed by atoms with E-state index < -0.39 is 5.82 Å². The largest absolute Gasteiger partial charge is 0.497 e. The number of hydrogen-bond acceptors (Lipinski definition) is 6. The first-order valence-electron chi connectivity index (χ1n) is 9.19. The van der Waals surface area contributed by atoms with Gasteiger partial charge in [-0.05, 0) is 42.3 Å². The molecule has 1 unspecified atom stereocenters. The Labute approximate surface area is 167 Å². The third-order valence-corrected chi connectivity index (χ3v) is 4.95. The molecule has 0 bridgehead atoms. The van der Waals surface area contributed by atoms with Crippen molar-refractivity contribution in [1.29, 1.82) is 0 Å². The van der Waals surface area contributed by atoms with Crippen LogP contribution in [-0.4, -0.2) is 35.2 Å². The van der Waals surface area contributed by atoms with Crippen LogP contribution >= 0.6 is 0 Å². The molecule has 4 rings (SSSR count). The SMILES string of the molecule is COc1cccc(CN2C(=O)CCC2c2nc(-c3ccc(OC)c(F)c3)no2)c1. The van der Waals surface area contributed by atoms with Crippen LogP contribution in [0.4, 0.5) is 4.39 Å². The van der Waals surface area contributed by atoms with Gasteiger partial charge in [0.05, 0.1) is 14.2 Å². The number of halogens is 1. The van der Waals surface area contributed by atoms with E-state index in [1.165, 1.54) is 19.2 Å². The van der Waals surface area contributed by atoms with Crippen molar-refractivity contribution < 1.29 is 23.2 Å². The average molecular weight is 397 g/mol. The zero-order chi connectivity index (χ0) is 20.4. The molecule has 0 N–H and O–H groups in total. The summed E-state index contributed by atoms with van der Waals surface area (Å²) in [6, 6.07) is 11.7. The van der Waals surface area contributed by atoms with Crippen molar-refractivity contribution in [1.82, 2.24) is 15.0 Å². The van der Waals surface area contributed by atoms with Crippen LogP contribution in [-0.2, 0) is 11.3 Å². The maximum atomic E-state index is 14.0. The summed E-state index contributed by atoms with van der Waals surface area (Å²) in [4.78, 5) is 18.6. The van der Waals surface area contributed by atoms with Crippen molar-refractivity contribution >= 4 is 5.91 Å². The number of carbonyl (C=O) groups is 1. The van der Waals surface area contributed by atoms with Crippen molar-refractivity contribution in [3.63, 3.8) is 0 Å². The molecule has 2 aromatic carbocycles. The van der Waals surface area contributed by atoms with E-state index >= 15 is 0 Å². The van der Waals surface area contributed by atoms with E-state index in [0.717, 1.165) is 11.3 Å². The zero-order valence-corrected chi connectivity index (χ0v) is 16.1. The summed E-state index contributed by atoms with van der Waals surface area (Å²) >= 11 is 0. The predicted octanol–water partition coefficient (Wildman–Crippen LogP) is 3.76. The Kier molecular flexibility index (Phi) is 5.16. The molecule has 1 aliphatic rings. The van der Waals surface area contributed by atoms with Crippen molar-refractivity contribution in [2.75, 3.05) is 14.2 Å². The normalized spacial score (nSPS) is 16.3. The summed E-state index contributed by atoms with van der Waals surface area (Å²) in [6.07, 6.45) is 0.991. The molecule has 1 saturated heterocycles. The maximum absolute atomic E-state index is 14.0. The Morgan fingerprint density at radius 2 is 2.07 bits per heavy atom. The Hall–Kier alpha value is -3.42. The van der Waals surface area contributed by atoms with Crippen LogP contribution in [0.25, 0.3) is 11.4 Å². The second-order valence-electron chi connectivity index (χ2n) is 6.73. The number of carbonyl (C=O) groups excluding carboxylic acids is 1. The molecule has 29 heavy (non-hydrogen) atoms. The van der Waals surface area contributed by atoms with Crippen molar-refractivity contribution in [3.8, 4) is 22.9 Å². The standard InChI is InChI=1S/C21H20FN3O4/c1-27-15-5-3-4-13(10-15)12-25-17(7-9-19(25)26)21-23-20(24-29-21)14-6-8-18(28-2)16(22)11-14/h3-6,8,10-11,17H,7,9,12H2,1-2H3. The molecule has 1 aromatic heterocycles. The molecule has 3 aromatic rings. The fourth-order valence-corrected chi connectivity index (χ4v) is 3.45. The number of rotatable bonds is 6. The molecule has 1 amide bonds. The van der Waals surface area contributed by atoms with E-state index in [4.69, 9.17) is 14.0 Å². The monoisotopic (exact) mass is 397 g/mol. The van der Waals surface area contributed by atoms with Gasteiger partial charge in [0.25, 0.3) is 0 Å². The van der Waals surface area contributed by atoms with Crippen LogP contribution in [0, 0.1) is 5.82 Å². The molecular weight excluding hydrogens is 377 g/mol. The molecule has 7 nitrogen and oxygen atoms in total. The second kappa shape index (κ2) is 7.90. The fraction of sp³-hybridized carbons (Fsp3) is 0.286. The second-order valence-corrected chi connectivity index (χ2v) is 6.73. The third-order valence-electron chi connectivity index (χ3n) is 4.95. The Bertz CT molecular complexity index is 1040. The Balaban J connectivity index is 1.57. The highest BCUT2D eigenvalue weighted by Crippen LogP contribution is 2.34. The van der Waals surface area contributed by atoms with E-state index in [1.54, 1.807) is 18.1 Å². The molecule has 8 heteroatoms. The third kappa shape index (κ3) is 3.78. The number of hydrogen-bond donors (Lipinski definition) is 0. The van der Waals surface area contributed by atoms with Crippen molar-refractivity contribution in [2.45, 2.75) is 25.4 Å². The number of ether oxygens (including phenoxy) is 2. The van der Waals surface area contributed by atoms with Crippen molar-refractivity contribution in [3.05, 3.63) is 59.7 Å². The van der Waals surface area contributed by atoms with Crippen LogP contribution in [0.5, 0.6) is 11.5 Å². The predicted molar refractivity (Wildman–Crippen MR) is 102 cm³/mol. The Morgan fingerprint density at radius 3 is 2.83 bits per heavy atom. The minimum Gasteiger partial charge on any atom is -0.497 e. The lowest BCUT2D eigenvalue weighted by molar-refractivity contribution is -0.130. The minimum absolute atomic E-state index is 0.0214. The van der Waals surface area contributed by atoms with Crippen molar-refractivity contribution in [2.24, 2.45) is 0 Å². The Morgan fingerprint density at radius 1 is 1.21 bits per heavy atom. The van der Waals surface area contributed by atoms with Gasteiger partial charge >= 0.3 is 0 Å². The first-order valence-corrected chi connectivity index (χ1v) is 9.19. The number of aromatic nitrogens is 2. The molecule has 0 aliphatic carbocycles. The number of nitrogens with zero attached hydrogens (tertiary/aromatic N) is 3. The highest BCUT2D eigenvalue weighted by Gasteiger charge is 2.36. The van der Waals surface area contributed by atoms with Crippen LogP contribution in [0.2, 0.25) is 0 Å². The maximum Gasteiger partial charge on any atom is 0.249 e. The highest BCUT2D eigenvalue weighted by atomic mass is 19.1. The number of benzene rings is 2. The van der Waals surface area contributed by atoms with E-state index in [1.807, 2.05) is 24.3 Å². The fourth-order valence-electron chi connectivity index (χ4n) is 3.45. The topological polar surface area (TPSA) is 77.7 Å². The van der Waals surface area contributed by atoms with Gasteiger partial charge in [-0.25, -0.2) is 4.39 Å². The van der Waals surface area contributed by atoms with Gasteiger partial charge in [-0.15, -0.1) is 0 Å². The number of amides is 1. The molecule has 1 fully saturated rings. The van der Waals surface area contributed by atoms with Gasteiger partial charge in [0.15, 0.2) is 11.6 Å². The number of likely N-dealkylation sites (tertiary alicyclic amines) is 1.